The molecular formula is C20H16FN3O2S. The summed E-state index contributed by atoms with van der Waals surface area (Å²) in [6.07, 6.45) is 0. The van der Waals surface area contributed by atoms with Crippen LogP contribution in [0.1, 0.15) is 21.8 Å². The summed E-state index contributed by atoms with van der Waals surface area (Å²) in [7, 11) is 1.69. The predicted molar refractivity (Wildman–Crippen MR) is 102 cm³/mol. The summed E-state index contributed by atoms with van der Waals surface area (Å²) < 4.78 is 13.2. The summed E-state index contributed by atoms with van der Waals surface area (Å²) in [6.45, 7) is 0.312. The lowest BCUT2D eigenvalue weighted by Gasteiger charge is -2.30. The van der Waals surface area contributed by atoms with Gasteiger partial charge in [0.05, 0.1) is 11.4 Å². The van der Waals surface area contributed by atoms with Crippen LogP contribution in [0, 0.1) is 5.82 Å². The molecule has 0 bridgehead atoms. The molecule has 2 aromatic carbocycles. The SMILES string of the molecule is CN1C[C@H](C(=O)Nc2scnc2-c2ccc(F)cc2)c2ccccc2C1=O. The molecule has 136 valence electrons. The second kappa shape index (κ2) is 6.92. The van der Waals surface area contributed by atoms with Gasteiger partial charge in [0.25, 0.3) is 5.91 Å². The van der Waals surface area contributed by atoms with E-state index in [-0.39, 0.29) is 17.6 Å². The first-order valence-electron chi connectivity index (χ1n) is 8.39. The molecule has 0 unspecified atom stereocenters. The van der Waals surface area contributed by atoms with Crippen LogP contribution in [-0.4, -0.2) is 35.3 Å². The zero-order valence-electron chi connectivity index (χ0n) is 14.5. The van der Waals surface area contributed by atoms with Gasteiger partial charge in [0.1, 0.15) is 16.5 Å². The van der Waals surface area contributed by atoms with Crippen LogP contribution in [-0.2, 0) is 4.79 Å². The van der Waals surface area contributed by atoms with E-state index < -0.39 is 5.92 Å². The Bertz CT molecular complexity index is 1020. The Labute approximate surface area is 159 Å². The van der Waals surface area contributed by atoms with Crippen molar-refractivity contribution in [3.63, 3.8) is 0 Å². The van der Waals surface area contributed by atoms with Crippen molar-refractivity contribution in [2.75, 3.05) is 18.9 Å². The number of benzene rings is 2. The number of nitrogens with one attached hydrogen (secondary N) is 1. The van der Waals surface area contributed by atoms with E-state index in [0.717, 1.165) is 11.1 Å². The highest BCUT2D eigenvalue weighted by molar-refractivity contribution is 7.14. The smallest absolute Gasteiger partial charge is 0.253 e. The fraction of sp³-hybridized carbons (Fsp3) is 0.150. The van der Waals surface area contributed by atoms with E-state index in [4.69, 9.17) is 0 Å². The summed E-state index contributed by atoms with van der Waals surface area (Å²) in [6, 6.07) is 13.2. The highest BCUT2D eigenvalue weighted by atomic mass is 32.1. The molecule has 1 aliphatic rings. The first-order valence-corrected chi connectivity index (χ1v) is 9.27. The van der Waals surface area contributed by atoms with E-state index in [1.165, 1.54) is 23.5 Å². The van der Waals surface area contributed by atoms with E-state index >= 15 is 0 Å². The van der Waals surface area contributed by atoms with Crippen molar-refractivity contribution in [3.05, 3.63) is 71.0 Å². The minimum atomic E-state index is -0.466. The van der Waals surface area contributed by atoms with Gasteiger partial charge in [0.2, 0.25) is 5.91 Å². The summed E-state index contributed by atoms with van der Waals surface area (Å²) in [5.41, 5.74) is 4.24. The zero-order valence-corrected chi connectivity index (χ0v) is 15.3. The minimum absolute atomic E-state index is 0.0839. The molecule has 7 heteroatoms. The summed E-state index contributed by atoms with van der Waals surface area (Å²) in [4.78, 5) is 31.2. The number of hydrogen-bond acceptors (Lipinski definition) is 4. The van der Waals surface area contributed by atoms with E-state index in [1.807, 2.05) is 12.1 Å². The maximum Gasteiger partial charge on any atom is 0.253 e. The molecule has 5 nitrogen and oxygen atoms in total. The number of carbonyl (C=O) groups excluding carboxylic acids is 2. The first kappa shape index (κ1) is 17.4. The number of thiazole rings is 1. The van der Waals surface area contributed by atoms with Gasteiger partial charge in [-0.3, -0.25) is 9.59 Å². The molecule has 1 aromatic heterocycles. The molecule has 2 heterocycles. The number of nitrogens with zero attached hydrogens (tertiary/aromatic N) is 2. The van der Waals surface area contributed by atoms with Gasteiger partial charge in [-0.25, -0.2) is 9.37 Å². The molecule has 2 amide bonds. The summed E-state index contributed by atoms with van der Waals surface area (Å²) in [5.74, 6) is -1.08. The van der Waals surface area contributed by atoms with Crippen LogP contribution in [0.4, 0.5) is 9.39 Å². The molecule has 1 aliphatic heterocycles. The van der Waals surface area contributed by atoms with Gasteiger partial charge >= 0.3 is 0 Å². The van der Waals surface area contributed by atoms with Crippen molar-refractivity contribution < 1.29 is 14.0 Å². The molecule has 0 fully saturated rings. The number of anilines is 1. The molecule has 0 spiro atoms. The van der Waals surface area contributed by atoms with E-state index in [0.29, 0.717) is 22.8 Å². The average molecular weight is 381 g/mol. The van der Waals surface area contributed by atoms with Gasteiger partial charge in [-0.05, 0) is 35.9 Å². The standard InChI is InChI=1S/C20H16FN3O2S/c1-24-10-16(14-4-2-3-5-15(14)20(24)26)18(25)23-19-17(22-11-27-19)12-6-8-13(21)9-7-12/h2-9,11,16H,10H2,1H3,(H,23,25)/t16-/m0/s1. The molecular weight excluding hydrogens is 365 g/mol. The monoisotopic (exact) mass is 381 g/mol. The van der Waals surface area contributed by atoms with E-state index in [2.05, 4.69) is 10.3 Å². The van der Waals surface area contributed by atoms with Gasteiger partial charge in [-0.1, -0.05) is 18.2 Å². The Morgan fingerprint density at radius 3 is 2.74 bits per heavy atom. The highest BCUT2D eigenvalue weighted by Crippen LogP contribution is 2.33. The van der Waals surface area contributed by atoms with Gasteiger partial charge < -0.3 is 10.2 Å². The molecule has 1 atom stereocenters. The van der Waals surface area contributed by atoms with Crippen LogP contribution in [0.25, 0.3) is 11.3 Å². The number of hydrogen-bond donors (Lipinski definition) is 1. The molecule has 3 aromatic rings. The second-order valence-corrected chi connectivity index (χ2v) is 7.21. The third-order valence-corrected chi connectivity index (χ3v) is 5.35. The lowest BCUT2D eigenvalue weighted by atomic mass is 9.89. The van der Waals surface area contributed by atoms with Crippen LogP contribution in [0.3, 0.4) is 0 Å². The van der Waals surface area contributed by atoms with Crippen LogP contribution in [0.5, 0.6) is 0 Å². The molecule has 27 heavy (non-hydrogen) atoms. The predicted octanol–water partition coefficient (Wildman–Crippen LogP) is 3.76. The van der Waals surface area contributed by atoms with Crippen molar-refractivity contribution in [3.8, 4) is 11.3 Å². The molecule has 0 saturated carbocycles. The fourth-order valence-electron chi connectivity index (χ4n) is 3.23. The Hall–Kier alpha value is -3.06. The van der Waals surface area contributed by atoms with Crippen LogP contribution >= 0.6 is 11.3 Å². The number of amides is 2. The Kier molecular flexibility index (Phi) is 4.45. The van der Waals surface area contributed by atoms with Crippen LogP contribution in [0.15, 0.2) is 54.0 Å². The van der Waals surface area contributed by atoms with Crippen LogP contribution in [0.2, 0.25) is 0 Å². The van der Waals surface area contributed by atoms with Gasteiger partial charge in [0, 0.05) is 24.7 Å². The Morgan fingerprint density at radius 2 is 1.96 bits per heavy atom. The molecule has 4 rings (SSSR count). The molecule has 1 N–H and O–H groups in total. The summed E-state index contributed by atoms with van der Waals surface area (Å²) >= 11 is 1.31. The minimum Gasteiger partial charge on any atom is -0.341 e. The van der Waals surface area contributed by atoms with Crippen molar-refractivity contribution in [2.24, 2.45) is 0 Å². The molecule has 0 radical (unpaired) electrons. The van der Waals surface area contributed by atoms with E-state index in [9.17, 15) is 14.0 Å². The van der Waals surface area contributed by atoms with Crippen molar-refractivity contribution in [1.82, 2.24) is 9.88 Å². The van der Waals surface area contributed by atoms with E-state index in [1.54, 1.807) is 41.7 Å². The Balaban J connectivity index is 1.63. The van der Waals surface area contributed by atoms with Crippen LogP contribution < -0.4 is 5.32 Å². The fourth-order valence-corrected chi connectivity index (χ4v) is 3.93. The number of aromatic nitrogens is 1. The van der Waals surface area contributed by atoms with Crippen molar-refractivity contribution in [1.29, 1.82) is 0 Å². The third-order valence-electron chi connectivity index (χ3n) is 4.61. The number of rotatable bonds is 3. The lowest BCUT2D eigenvalue weighted by Crippen LogP contribution is -2.41. The zero-order chi connectivity index (χ0) is 19.0. The number of halogens is 1. The van der Waals surface area contributed by atoms with Gasteiger partial charge in [-0.2, -0.15) is 0 Å². The average Bonchev–Trinajstić information content (AvgIpc) is 3.13. The number of carbonyl (C=O) groups is 2. The highest BCUT2D eigenvalue weighted by Gasteiger charge is 2.33. The Morgan fingerprint density at radius 1 is 1.22 bits per heavy atom. The largest absolute Gasteiger partial charge is 0.341 e. The summed E-state index contributed by atoms with van der Waals surface area (Å²) in [5, 5.41) is 3.54. The van der Waals surface area contributed by atoms with Crippen molar-refractivity contribution in [2.45, 2.75) is 5.92 Å². The lowest BCUT2D eigenvalue weighted by molar-refractivity contribution is -0.117. The molecule has 0 aliphatic carbocycles. The number of fused-ring (bicyclic) bond motifs is 1. The third kappa shape index (κ3) is 3.21. The molecule has 0 saturated heterocycles. The quantitative estimate of drug-likeness (QED) is 0.751. The second-order valence-electron chi connectivity index (χ2n) is 6.35. The normalized spacial score (nSPS) is 16.1. The van der Waals surface area contributed by atoms with Gasteiger partial charge in [0.15, 0.2) is 0 Å². The topological polar surface area (TPSA) is 62.3 Å². The van der Waals surface area contributed by atoms with Gasteiger partial charge in [-0.15, -0.1) is 11.3 Å². The van der Waals surface area contributed by atoms with Crippen molar-refractivity contribution >= 4 is 28.2 Å². The first-order chi connectivity index (χ1) is 13.0. The number of likely N-dealkylation sites (N-methyl/N-ethyl adjacent to an activating group) is 1. The maximum atomic E-state index is 13.2. The maximum absolute atomic E-state index is 13.2.